The van der Waals surface area contributed by atoms with Crippen LogP contribution < -0.4 is 10.2 Å². The zero-order chi connectivity index (χ0) is 21.8. The van der Waals surface area contributed by atoms with Crippen molar-refractivity contribution in [1.29, 1.82) is 0 Å². The van der Waals surface area contributed by atoms with E-state index in [4.69, 9.17) is 0 Å². The molecule has 0 saturated carbocycles. The number of anilines is 3. The summed E-state index contributed by atoms with van der Waals surface area (Å²) in [7, 11) is -3.13. The van der Waals surface area contributed by atoms with Gasteiger partial charge in [-0.25, -0.2) is 12.8 Å². The van der Waals surface area contributed by atoms with Gasteiger partial charge in [-0.1, -0.05) is 41.3 Å². The van der Waals surface area contributed by atoms with Crippen molar-refractivity contribution in [1.82, 2.24) is 10.2 Å². The van der Waals surface area contributed by atoms with Crippen molar-refractivity contribution in [3.8, 4) is 0 Å². The lowest BCUT2D eigenvalue weighted by Gasteiger charge is -2.28. The van der Waals surface area contributed by atoms with E-state index >= 15 is 0 Å². The minimum Gasteiger partial charge on any atom is -0.330 e. The van der Waals surface area contributed by atoms with Gasteiger partial charge in [-0.2, -0.15) is 0 Å². The molecule has 1 aliphatic rings. The van der Waals surface area contributed by atoms with Crippen LogP contribution in [-0.4, -0.2) is 47.8 Å². The van der Waals surface area contributed by atoms with Crippen LogP contribution in [0, 0.1) is 5.82 Å². The molecule has 1 aromatic heterocycles. The second kappa shape index (κ2) is 9.33. The van der Waals surface area contributed by atoms with E-state index in [0.717, 1.165) is 0 Å². The van der Waals surface area contributed by atoms with Gasteiger partial charge in [0.25, 0.3) is 0 Å². The van der Waals surface area contributed by atoms with Crippen molar-refractivity contribution in [2.24, 2.45) is 0 Å². The largest absolute Gasteiger partial charge is 0.330 e. The highest BCUT2D eigenvalue weighted by molar-refractivity contribution is 8.01. The van der Waals surface area contributed by atoms with Gasteiger partial charge in [0, 0.05) is 11.4 Å². The Morgan fingerprint density at radius 3 is 2.58 bits per heavy atom. The van der Waals surface area contributed by atoms with Crippen molar-refractivity contribution in [2.45, 2.75) is 16.8 Å². The standard InChI is InChI=1S/C20H19FN4O3S3/c21-14-6-8-15(9-7-14)22-19-23-24-20(30-19)29-12-18(26)25(16-4-2-1-3-5-16)17-10-11-31(27,28)13-17/h1-9,17H,10-13H2,(H,22,23)/t17-/m1/s1. The second-order valence-electron chi connectivity index (χ2n) is 6.95. The van der Waals surface area contributed by atoms with Crippen molar-refractivity contribution in [3.05, 3.63) is 60.4 Å². The number of sulfone groups is 1. The monoisotopic (exact) mass is 478 g/mol. The highest BCUT2D eigenvalue weighted by Crippen LogP contribution is 2.30. The lowest BCUT2D eigenvalue weighted by Crippen LogP contribution is -2.42. The molecule has 1 amide bonds. The van der Waals surface area contributed by atoms with Gasteiger partial charge in [0.05, 0.1) is 23.3 Å². The van der Waals surface area contributed by atoms with E-state index in [1.54, 1.807) is 17.0 Å². The zero-order valence-electron chi connectivity index (χ0n) is 16.3. The maximum Gasteiger partial charge on any atom is 0.237 e. The Morgan fingerprint density at radius 2 is 1.90 bits per heavy atom. The number of thioether (sulfide) groups is 1. The van der Waals surface area contributed by atoms with Crippen LogP contribution in [0.25, 0.3) is 0 Å². The van der Waals surface area contributed by atoms with Crippen molar-refractivity contribution in [2.75, 3.05) is 27.5 Å². The predicted octanol–water partition coefficient (Wildman–Crippen LogP) is 3.73. The summed E-state index contributed by atoms with van der Waals surface area (Å²) in [5, 5.41) is 11.7. The minimum atomic E-state index is -3.13. The van der Waals surface area contributed by atoms with E-state index in [0.29, 0.717) is 27.3 Å². The fourth-order valence-electron chi connectivity index (χ4n) is 3.29. The Morgan fingerprint density at radius 1 is 1.16 bits per heavy atom. The molecule has 1 N–H and O–H groups in total. The first-order chi connectivity index (χ1) is 14.9. The van der Waals surface area contributed by atoms with E-state index in [2.05, 4.69) is 15.5 Å². The number of hydrogen-bond donors (Lipinski definition) is 1. The molecule has 7 nitrogen and oxygen atoms in total. The molecule has 162 valence electrons. The van der Waals surface area contributed by atoms with Crippen LogP contribution >= 0.6 is 23.1 Å². The molecule has 0 unspecified atom stereocenters. The Labute approximate surface area is 187 Å². The van der Waals surface area contributed by atoms with Crippen molar-refractivity contribution < 1.29 is 17.6 Å². The third kappa shape index (κ3) is 5.60. The SMILES string of the molecule is O=C(CSc1nnc(Nc2ccc(F)cc2)s1)N(c1ccccc1)[C@@H]1CCS(=O)(=O)C1. The third-order valence-electron chi connectivity index (χ3n) is 4.70. The van der Waals surface area contributed by atoms with E-state index < -0.39 is 9.84 Å². The summed E-state index contributed by atoms with van der Waals surface area (Å²) < 4.78 is 37.5. The Bertz CT molecular complexity index is 1150. The van der Waals surface area contributed by atoms with Gasteiger partial charge in [0.1, 0.15) is 5.82 Å². The molecule has 0 aliphatic carbocycles. The maximum atomic E-state index is 13.1. The number of amides is 1. The third-order valence-corrected chi connectivity index (χ3v) is 8.40. The lowest BCUT2D eigenvalue weighted by molar-refractivity contribution is -0.116. The van der Waals surface area contributed by atoms with Crippen LogP contribution in [0.3, 0.4) is 0 Å². The molecule has 0 spiro atoms. The number of benzene rings is 2. The summed E-state index contributed by atoms with van der Waals surface area (Å²) in [6.45, 7) is 0. The van der Waals surface area contributed by atoms with Crippen LogP contribution in [0.4, 0.5) is 20.9 Å². The normalized spacial score (nSPS) is 17.4. The predicted molar refractivity (Wildman–Crippen MR) is 121 cm³/mol. The highest BCUT2D eigenvalue weighted by Gasteiger charge is 2.35. The van der Waals surface area contributed by atoms with Crippen LogP contribution in [0.2, 0.25) is 0 Å². The van der Waals surface area contributed by atoms with Gasteiger partial charge >= 0.3 is 0 Å². The summed E-state index contributed by atoms with van der Waals surface area (Å²) in [4.78, 5) is 14.7. The number of para-hydroxylation sites is 1. The fraction of sp³-hybridized carbons (Fsp3) is 0.250. The molecule has 1 aliphatic heterocycles. The lowest BCUT2D eigenvalue weighted by atomic mass is 10.2. The number of carbonyl (C=O) groups is 1. The number of halogens is 1. The topological polar surface area (TPSA) is 92.3 Å². The molecule has 4 rings (SSSR count). The molecule has 2 heterocycles. The number of rotatable bonds is 7. The van der Waals surface area contributed by atoms with Crippen LogP contribution in [0.5, 0.6) is 0 Å². The van der Waals surface area contributed by atoms with E-state index in [1.807, 2.05) is 30.3 Å². The highest BCUT2D eigenvalue weighted by atomic mass is 32.2. The van der Waals surface area contributed by atoms with E-state index in [1.165, 1.54) is 35.2 Å². The Balaban J connectivity index is 1.42. The smallest absolute Gasteiger partial charge is 0.237 e. The van der Waals surface area contributed by atoms with Crippen molar-refractivity contribution in [3.63, 3.8) is 0 Å². The first-order valence-corrected chi connectivity index (χ1v) is 13.1. The number of carbonyl (C=O) groups excluding carboxylic acids is 1. The summed E-state index contributed by atoms with van der Waals surface area (Å²) in [5.41, 5.74) is 1.37. The summed E-state index contributed by atoms with van der Waals surface area (Å²) in [6.07, 6.45) is 0.429. The number of hydrogen-bond acceptors (Lipinski definition) is 8. The average molecular weight is 479 g/mol. The Hall–Kier alpha value is -2.50. The number of nitrogens with one attached hydrogen (secondary N) is 1. The van der Waals surface area contributed by atoms with Crippen molar-refractivity contribution >= 4 is 55.3 Å². The first kappa shape index (κ1) is 21.7. The van der Waals surface area contributed by atoms with Gasteiger partial charge in [-0.15, -0.1) is 10.2 Å². The molecule has 0 bridgehead atoms. The van der Waals surface area contributed by atoms with Gasteiger partial charge in [-0.3, -0.25) is 4.79 Å². The second-order valence-corrected chi connectivity index (χ2v) is 11.4. The summed E-state index contributed by atoms with van der Waals surface area (Å²) in [5.74, 6) is -0.326. The quantitative estimate of drug-likeness (QED) is 0.517. The van der Waals surface area contributed by atoms with E-state index in [9.17, 15) is 17.6 Å². The molecule has 3 aromatic rings. The molecule has 0 radical (unpaired) electrons. The molecular formula is C20H19FN4O3S3. The first-order valence-electron chi connectivity index (χ1n) is 9.46. The molecule has 1 saturated heterocycles. The number of aromatic nitrogens is 2. The molecule has 1 fully saturated rings. The molecule has 1 atom stereocenters. The van der Waals surface area contributed by atoms with Gasteiger partial charge in [-0.05, 0) is 42.8 Å². The van der Waals surface area contributed by atoms with Gasteiger partial charge in [0.15, 0.2) is 14.2 Å². The van der Waals surface area contributed by atoms with E-state index in [-0.39, 0.29) is 35.0 Å². The number of nitrogens with zero attached hydrogens (tertiary/aromatic N) is 3. The summed E-state index contributed by atoms with van der Waals surface area (Å²) in [6, 6.07) is 14.6. The molecule has 31 heavy (non-hydrogen) atoms. The average Bonchev–Trinajstić information content (AvgIpc) is 3.35. The maximum absolute atomic E-state index is 13.1. The summed E-state index contributed by atoms with van der Waals surface area (Å²) >= 11 is 2.53. The van der Waals surface area contributed by atoms with Crippen LogP contribution in [-0.2, 0) is 14.6 Å². The van der Waals surface area contributed by atoms with Gasteiger partial charge < -0.3 is 10.2 Å². The fourth-order valence-corrected chi connectivity index (χ4v) is 6.63. The molecule has 11 heteroatoms. The minimum absolute atomic E-state index is 0.0250. The Kier molecular flexibility index (Phi) is 6.54. The van der Waals surface area contributed by atoms with Crippen LogP contribution in [0.1, 0.15) is 6.42 Å². The molecule has 2 aromatic carbocycles. The van der Waals surface area contributed by atoms with Crippen LogP contribution in [0.15, 0.2) is 58.9 Å². The zero-order valence-corrected chi connectivity index (χ0v) is 18.7. The van der Waals surface area contributed by atoms with Gasteiger partial charge in [0.2, 0.25) is 11.0 Å². The molecular weight excluding hydrogens is 459 g/mol.